The van der Waals surface area contributed by atoms with Crippen molar-refractivity contribution in [3.8, 4) is 78.9 Å². The van der Waals surface area contributed by atoms with E-state index in [4.69, 9.17) is 19.9 Å². The molecule has 0 spiro atoms. The normalized spacial score (nSPS) is 10.5. The molecule has 0 unspecified atom stereocenters. The van der Waals surface area contributed by atoms with Gasteiger partial charge < -0.3 is 9.97 Å². The van der Waals surface area contributed by atoms with E-state index in [1.54, 1.807) is 0 Å². The van der Waals surface area contributed by atoms with Gasteiger partial charge >= 0.3 is 20.1 Å². The summed E-state index contributed by atoms with van der Waals surface area (Å²) in [5, 5.41) is 0. The average Bonchev–Trinajstić information content (AvgIpc) is 3.28. The van der Waals surface area contributed by atoms with E-state index in [9.17, 15) is 0 Å². The zero-order valence-electron chi connectivity index (χ0n) is 31.4. The van der Waals surface area contributed by atoms with Gasteiger partial charge in [0.2, 0.25) is 0 Å². The number of aromatic nitrogens is 5. The topological polar surface area (TPSA) is 64.5 Å². The van der Waals surface area contributed by atoms with Crippen LogP contribution >= 0.6 is 0 Å². The van der Waals surface area contributed by atoms with Gasteiger partial charge in [-0.15, -0.1) is 47.7 Å². The Morgan fingerprint density at radius 2 is 0.930 bits per heavy atom. The van der Waals surface area contributed by atoms with Crippen LogP contribution in [0.2, 0.25) is 0 Å². The summed E-state index contributed by atoms with van der Waals surface area (Å²) in [6.07, 6.45) is 1.95. The molecule has 6 heteroatoms. The maximum absolute atomic E-state index is 4.84. The number of pyridine rings is 2. The predicted octanol–water partition coefficient (Wildman–Crippen LogP) is 12.0. The van der Waals surface area contributed by atoms with Gasteiger partial charge in [-0.25, -0.2) is 32.6 Å². The quantitative estimate of drug-likeness (QED) is 0.149. The SMILES string of the molecule is Cc1cc(-c2[c-]cccc2)ncc1-c1ccccc1.Cc1nc(-c2[c-]ccc(-c3nc(-c4ccccc4)nc(-c4ccccc4)n3)c2)[c-]cc1-c1ccccc1.[Ir+3]. The van der Waals surface area contributed by atoms with E-state index in [2.05, 4.69) is 60.4 Å². The van der Waals surface area contributed by atoms with Crippen LogP contribution in [0.15, 0.2) is 182 Å². The molecule has 6 aromatic carbocycles. The number of rotatable bonds is 7. The molecule has 0 atom stereocenters. The standard InChI is InChI=1S/C33H22N4.C18H14N.Ir/c1-23-29(24-12-5-2-6-13-24)20-21-30(34-23)27-18-11-19-28(22-27)33-36-31(25-14-7-3-8-15-25)35-32(37-33)26-16-9-4-10-17-26;1-14-12-18(16-10-6-3-7-11-16)19-13-17(14)15-8-4-2-5-9-15;/h2-17,19-20,22H,1H3;2-10,12-13H,1H3;/q-2;-1;+3. The van der Waals surface area contributed by atoms with Crippen molar-refractivity contribution in [1.29, 1.82) is 0 Å². The second-order valence-electron chi connectivity index (χ2n) is 13.2. The zero-order valence-corrected chi connectivity index (χ0v) is 33.8. The van der Waals surface area contributed by atoms with Crippen molar-refractivity contribution in [3.05, 3.63) is 212 Å². The monoisotopic (exact) mass is 911 g/mol. The van der Waals surface area contributed by atoms with E-state index < -0.39 is 0 Å². The summed E-state index contributed by atoms with van der Waals surface area (Å²) in [5.74, 6) is 1.86. The summed E-state index contributed by atoms with van der Waals surface area (Å²) in [5.41, 5.74) is 13.1. The largest absolute Gasteiger partial charge is 3.00 e. The number of hydrogen-bond acceptors (Lipinski definition) is 5. The molecule has 5 nitrogen and oxygen atoms in total. The average molecular weight is 911 g/mol. The number of hydrogen-bond donors (Lipinski definition) is 0. The smallest absolute Gasteiger partial charge is 0.340 e. The van der Waals surface area contributed by atoms with E-state index in [1.165, 1.54) is 16.7 Å². The summed E-state index contributed by atoms with van der Waals surface area (Å²) in [4.78, 5) is 23.9. The molecule has 0 N–H and O–H groups in total. The zero-order chi connectivity index (χ0) is 38.1. The van der Waals surface area contributed by atoms with Gasteiger partial charge in [0.05, 0.1) is 0 Å². The molecule has 0 saturated heterocycles. The third-order valence-corrected chi connectivity index (χ3v) is 9.30. The van der Waals surface area contributed by atoms with E-state index in [0.29, 0.717) is 17.5 Å². The molecule has 9 aromatic rings. The molecule has 0 bridgehead atoms. The van der Waals surface area contributed by atoms with Gasteiger partial charge in [-0.05, 0) is 36.4 Å². The first-order chi connectivity index (χ1) is 27.6. The van der Waals surface area contributed by atoms with Gasteiger partial charge in [-0.1, -0.05) is 144 Å². The number of benzene rings is 6. The fourth-order valence-corrected chi connectivity index (χ4v) is 6.41. The molecule has 0 amide bonds. The van der Waals surface area contributed by atoms with Crippen LogP contribution in [0, 0.1) is 32.0 Å². The fraction of sp³-hybridized carbons (Fsp3) is 0.0392. The molecule has 3 aromatic heterocycles. The Labute approximate surface area is 347 Å². The molecule has 3 heterocycles. The molecule has 0 aliphatic carbocycles. The third kappa shape index (κ3) is 9.22. The minimum atomic E-state index is 0. The Morgan fingerprint density at radius 1 is 0.421 bits per heavy atom. The summed E-state index contributed by atoms with van der Waals surface area (Å²) < 4.78 is 0. The molecular formula is C51H36IrN5. The van der Waals surface area contributed by atoms with Crippen molar-refractivity contribution >= 4 is 0 Å². The van der Waals surface area contributed by atoms with Crippen molar-refractivity contribution in [2.75, 3.05) is 0 Å². The molecular weight excluding hydrogens is 875 g/mol. The maximum atomic E-state index is 4.84. The fourth-order valence-electron chi connectivity index (χ4n) is 6.41. The molecule has 274 valence electrons. The van der Waals surface area contributed by atoms with Crippen molar-refractivity contribution in [3.63, 3.8) is 0 Å². The summed E-state index contributed by atoms with van der Waals surface area (Å²) in [7, 11) is 0. The van der Waals surface area contributed by atoms with Gasteiger partial charge in [-0.2, -0.15) is 18.2 Å². The minimum absolute atomic E-state index is 0. The Kier molecular flexibility index (Phi) is 12.4. The molecule has 0 aliphatic heterocycles. The Bertz CT molecular complexity index is 2630. The maximum Gasteiger partial charge on any atom is 3.00 e. The van der Waals surface area contributed by atoms with Gasteiger partial charge in [0, 0.05) is 22.9 Å². The van der Waals surface area contributed by atoms with Crippen molar-refractivity contribution in [1.82, 2.24) is 24.9 Å². The van der Waals surface area contributed by atoms with Crippen molar-refractivity contribution < 1.29 is 20.1 Å². The van der Waals surface area contributed by atoms with Crippen LogP contribution in [0.5, 0.6) is 0 Å². The first kappa shape index (κ1) is 38.5. The van der Waals surface area contributed by atoms with E-state index in [0.717, 1.165) is 56.0 Å². The number of aryl methyl sites for hydroxylation is 2. The van der Waals surface area contributed by atoms with Gasteiger partial charge in [0.15, 0.2) is 11.6 Å². The summed E-state index contributed by atoms with van der Waals surface area (Å²) >= 11 is 0. The van der Waals surface area contributed by atoms with Crippen molar-refractivity contribution in [2.45, 2.75) is 13.8 Å². The second kappa shape index (κ2) is 18.3. The van der Waals surface area contributed by atoms with Crippen LogP contribution in [0.4, 0.5) is 0 Å². The first-order valence-electron chi connectivity index (χ1n) is 18.4. The third-order valence-electron chi connectivity index (χ3n) is 9.30. The Balaban J connectivity index is 0.000000209. The van der Waals surface area contributed by atoms with Crippen LogP contribution in [-0.2, 0) is 20.1 Å². The van der Waals surface area contributed by atoms with Crippen LogP contribution in [0.25, 0.3) is 78.9 Å². The molecule has 9 rings (SSSR count). The minimum Gasteiger partial charge on any atom is -0.340 e. The predicted molar refractivity (Wildman–Crippen MR) is 226 cm³/mol. The van der Waals surface area contributed by atoms with Gasteiger partial charge in [0.25, 0.3) is 0 Å². The molecule has 0 fully saturated rings. The second-order valence-corrected chi connectivity index (χ2v) is 13.2. The molecule has 0 saturated carbocycles. The first-order valence-corrected chi connectivity index (χ1v) is 18.4. The van der Waals surface area contributed by atoms with Crippen LogP contribution in [0.1, 0.15) is 11.3 Å². The van der Waals surface area contributed by atoms with E-state index in [-0.39, 0.29) is 20.1 Å². The molecule has 0 radical (unpaired) electrons. The Morgan fingerprint density at radius 3 is 1.46 bits per heavy atom. The number of nitrogens with zero attached hydrogens (tertiary/aromatic N) is 5. The van der Waals surface area contributed by atoms with Crippen LogP contribution in [-0.4, -0.2) is 24.9 Å². The summed E-state index contributed by atoms with van der Waals surface area (Å²) in [6, 6.07) is 68.3. The molecule has 57 heavy (non-hydrogen) atoms. The van der Waals surface area contributed by atoms with Gasteiger partial charge in [0.1, 0.15) is 5.82 Å². The van der Waals surface area contributed by atoms with E-state index in [1.807, 2.05) is 159 Å². The Hall–Kier alpha value is -6.72. The van der Waals surface area contributed by atoms with Gasteiger partial charge in [-0.3, -0.25) is 0 Å². The summed E-state index contributed by atoms with van der Waals surface area (Å²) in [6.45, 7) is 4.14. The van der Waals surface area contributed by atoms with Crippen LogP contribution < -0.4 is 0 Å². The molecule has 0 aliphatic rings. The van der Waals surface area contributed by atoms with Crippen LogP contribution in [0.3, 0.4) is 0 Å². The van der Waals surface area contributed by atoms with E-state index >= 15 is 0 Å². The van der Waals surface area contributed by atoms with Crippen molar-refractivity contribution in [2.24, 2.45) is 0 Å².